The molecule has 1 aliphatic rings. The summed E-state index contributed by atoms with van der Waals surface area (Å²) < 4.78 is 71.5. The average Bonchev–Trinajstić information content (AvgIpc) is 3.17. The maximum absolute atomic E-state index is 14.6. The number of urea groups is 1. The van der Waals surface area contributed by atoms with Crippen molar-refractivity contribution in [2.75, 3.05) is 16.8 Å². The monoisotopic (exact) mass is 669 g/mol. The summed E-state index contributed by atoms with van der Waals surface area (Å²) in [6.07, 6.45) is 5.05. The molecule has 0 spiro atoms. The Morgan fingerprint density at radius 2 is 1.91 bits per heavy atom. The van der Waals surface area contributed by atoms with E-state index in [-0.39, 0.29) is 45.3 Å². The number of azo groups is 1. The van der Waals surface area contributed by atoms with Gasteiger partial charge < -0.3 is 21.3 Å². The molecule has 0 bridgehead atoms. The van der Waals surface area contributed by atoms with Crippen LogP contribution in [0.2, 0.25) is 0 Å². The molecule has 2 aromatic carbocycles. The molecule has 2 amide bonds. The number of nitrogens with zero attached hydrogens (tertiary/aromatic N) is 6. The topological polar surface area (TPSA) is 222 Å². The van der Waals surface area contributed by atoms with Crippen molar-refractivity contribution in [1.82, 2.24) is 20.3 Å². The molecule has 240 valence electrons. The Hall–Kier alpha value is -5.33. The summed E-state index contributed by atoms with van der Waals surface area (Å²) in [6, 6.07) is 7.86. The van der Waals surface area contributed by atoms with Crippen LogP contribution in [0.5, 0.6) is 0 Å². The van der Waals surface area contributed by atoms with E-state index in [9.17, 15) is 30.6 Å². The summed E-state index contributed by atoms with van der Waals surface area (Å²) in [4.78, 5) is 24.6. The van der Waals surface area contributed by atoms with E-state index in [0.717, 1.165) is 5.41 Å². The molecular weight excluding hydrogens is 641 g/mol. The van der Waals surface area contributed by atoms with Crippen LogP contribution in [-0.2, 0) is 20.0 Å². The lowest BCUT2D eigenvalue weighted by atomic mass is 10.2. The minimum absolute atomic E-state index is 0.0517. The first-order valence-corrected chi connectivity index (χ1v) is 16.3. The molecule has 0 radical (unpaired) electrons. The Balaban J connectivity index is 1.62. The third kappa shape index (κ3) is 8.23. The number of halogens is 1. The maximum Gasteiger partial charge on any atom is 0.316 e. The molecule has 0 saturated carbocycles. The summed E-state index contributed by atoms with van der Waals surface area (Å²) in [7, 11) is -8.14. The fourth-order valence-corrected chi connectivity index (χ4v) is 5.45. The highest BCUT2D eigenvalue weighted by Gasteiger charge is 2.20. The predicted octanol–water partition coefficient (Wildman–Crippen LogP) is 4.21. The first kappa shape index (κ1) is 33.6. The van der Waals surface area contributed by atoms with Gasteiger partial charge in [-0.3, -0.25) is 4.55 Å². The summed E-state index contributed by atoms with van der Waals surface area (Å²) in [5.41, 5.74) is 7.01. The van der Waals surface area contributed by atoms with Crippen molar-refractivity contribution in [2.24, 2.45) is 16.0 Å². The molecule has 46 heavy (non-hydrogen) atoms. The second-order valence-corrected chi connectivity index (χ2v) is 12.8. The molecule has 1 aromatic heterocycles. The number of hydrogen-bond donors (Lipinski definition) is 4. The van der Waals surface area contributed by atoms with E-state index in [0.29, 0.717) is 11.3 Å². The normalized spacial score (nSPS) is 15.1. The quantitative estimate of drug-likeness (QED) is 0.167. The van der Waals surface area contributed by atoms with Gasteiger partial charge in [-0.1, -0.05) is 24.8 Å². The molecule has 18 heteroatoms. The van der Waals surface area contributed by atoms with Gasteiger partial charge in [0.05, 0.1) is 21.2 Å². The van der Waals surface area contributed by atoms with E-state index >= 15 is 0 Å². The van der Waals surface area contributed by atoms with Crippen LogP contribution in [0, 0.1) is 13.0 Å². The van der Waals surface area contributed by atoms with E-state index in [2.05, 4.69) is 42.4 Å². The van der Waals surface area contributed by atoms with Gasteiger partial charge in [0.25, 0.3) is 10.1 Å². The molecule has 1 heterocycles. The second-order valence-electron chi connectivity index (χ2n) is 9.49. The number of nitrogens with one attached hydrogen (secondary N) is 2. The van der Waals surface area contributed by atoms with Crippen LogP contribution in [0.4, 0.5) is 32.5 Å². The first-order valence-electron chi connectivity index (χ1n) is 13.3. The number of sulfone groups is 1. The van der Waals surface area contributed by atoms with Gasteiger partial charge in [-0.05, 0) is 68.0 Å². The molecule has 3 aromatic rings. The maximum atomic E-state index is 14.6. The van der Waals surface area contributed by atoms with E-state index < -0.39 is 38.1 Å². The molecule has 1 unspecified atom stereocenters. The molecule has 1 aliphatic carbocycles. The highest BCUT2D eigenvalue weighted by molar-refractivity contribution is 7.94. The molecule has 0 aliphatic heterocycles. The third-order valence-electron chi connectivity index (χ3n) is 6.31. The lowest BCUT2D eigenvalue weighted by molar-refractivity contribution is 0.251. The minimum atomic E-state index is -4.50. The van der Waals surface area contributed by atoms with Crippen molar-refractivity contribution in [3.05, 3.63) is 102 Å². The molecule has 0 fully saturated rings. The zero-order valence-corrected chi connectivity index (χ0v) is 26.0. The zero-order valence-electron chi connectivity index (χ0n) is 24.4. The summed E-state index contributed by atoms with van der Waals surface area (Å²) in [6.45, 7) is 6.87. The van der Waals surface area contributed by atoms with Crippen LogP contribution in [-0.4, -0.2) is 55.0 Å². The van der Waals surface area contributed by atoms with Gasteiger partial charge in [0.15, 0.2) is 9.84 Å². The number of rotatable bonds is 11. The van der Waals surface area contributed by atoms with E-state index in [1.165, 1.54) is 53.4 Å². The number of aryl methyl sites for hydroxylation is 1. The SMILES string of the molecule is C=CS(=O)(=O)c1ccc(N=NC2C=CC=C(Nc3nc(F)nc(N(CC)c4cccc(S(=O)(=O)O)c4)n3)C=C2NC(N)=O)c(C)c1. The largest absolute Gasteiger partial charge is 0.351 e. The van der Waals surface area contributed by atoms with Crippen LogP contribution >= 0.6 is 0 Å². The smallest absolute Gasteiger partial charge is 0.316 e. The predicted molar refractivity (Wildman–Crippen MR) is 167 cm³/mol. The molecule has 15 nitrogen and oxygen atoms in total. The summed E-state index contributed by atoms with van der Waals surface area (Å²) in [5.74, 6) is -0.394. The number of amides is 2. The van der Waals surface area contributed by atoms with Crippen molar-refractivity contribution in [2.45, 2.75) is 29.7 Å². The highest BCUT2D eigenvalue weighted by Crippen LogP contribution is 2.27. The molecular formula is C28H28FN9O6S2. The number of carbonyl (C=O) groups excluding carboxylic acids is 1. The van der Waals surface area contributed by atoms with Crippen LogP contribution in [0.25, 0.3) is 0 Å². The van der Waals surface area contributed by atoms with Crippen molar-refractivity contribution in [3.8, 4) is 0 Å². The first-order chi connectivity index (χ1) is 21.7. The van der Waals surface area contributed by atoms with Crippen molar-refractivity contribution in [3.63, 3.8) is 0 Å². The van der Waals surface area contributed by atoms with Gasteiger partial charge >= 0.3 is 12.1 Å². The fourth-order valence-electron chi connectivity index (χ4n) is 4.13. The lowest BCUT2D eigenvalue weighted by Gasteiger charge is -2.21. The summed E-state index contributed by atoms with van der Waals surface area (Å²) in [5, 5.41) is 14.7. The molecule has 5 N–H and O–H groups in total. The van der Waals surface area contributed by atoms with Gasteiger partial charge in [-0.25, -0.2) is 13.2 Å². The van der Waals surface area contributed by atoms with Crippen molar-refractivity contribution in [1.29, 1.82) is 0 Å². The number of aromatic nitrogens is 3. The van der Waals surface area contributed by atoms with E-state index in [1.807, 2.05) is 0 Å². The Morgan fingerprint density at radius 3 is 2.57 bits per heavy atom. The average molecular weight is 670 g/mol. The van der Waals surface area contributed by atoms with E-state index in [4.69, 9.17) is 5.73 Å². The summed E-state index contributed by atoms with van der Waals surface area (Å²) >= 11 is 0. The van der Waals surface area contributed by atoms with Gasteiger partial charge in [-0.15, -0.1) is 0 Å². The number of hydrogen-bond acceptors (Lipinski definition) is 12. The van der Waals surface area contributed by atoms with Crippen molar-refractivity contribution >= 4 is 49.3 Å². The van der Waals surface area contributed by atoms with Crippen LogP contribution in [0.3, 0.4) is 0 Å². The van der Waals surface area contributed by atoms with Crippen LogP contribution in [0.1, 0.15) is 12.5 Å². The van der Waals surface area contributed by atoms with Gasteiger partial charge in [0.2, 0.25) is 11.9 Å². The molecule has 4 rings (SSSR count). The second kappa shape index (κ2) is 13.8. The number of allylic oxidation sites excluding steroid dienone is 3. The number of carbonyl (C=O) groups is 1. The molecule has 0 saturated heterocycles. The highest BCUT2D eigenvalue weighted by atomic mass is 32.2. The number of anilines is 3. The van der Waals surface area contributed by atoms with Gasteiger partial charge in [0.1, 0.15) is 6.04 Å². The minimum Gasteiger partial charge on any atom is -0.351 e. The number of benzene rings is 2. The van der Waals surface area contributed by atoms with E-state index in [1.54, 1.807) is 32.1 Å². The molecule has 1 atom stereocenters. The Bertz CT molecular complexity index is 2030. The van der Waals surface area contributed by atoms with Gasteiger partial charge in [-0.2, -0.15) is 38.0 Å². The van der Waals surface area contributed by atoms with Gasteiger partial charge in [0, 0.05) is 23.3 Å². The number of primary amides is 1. The van der Waals surface area contributed by atoms with Crippen LogP contribution < -0.4 is 21.3 Å². The fraction of sp³-hybridized carbons (Fsp3) is 0.143. The Labute approximate surface area is 263 Å². The standard InChI is InChI=1S/C28H28FN9O6S2/c1-4-38(19-9-7-10-21(16-19)46(42,43)44)28-34-25(29)33-27(35-28)31-18-8-6-11-23(24(15-18)32-26(30)39)37-36-22-13-12-20(14-17(22)3)45(40,41)5-2/h5-16,23H,2,4H2,1,3H3,(H3,30,32,39)(H,42,43,44)(H,31,33,34,35). The third-order valence-corrected chi connectivity index (χ3v) is 8.51. The lowest BCUT2D eigenvalue weighted by Crippen LogP contribution is -2.32. The number of nitrogens with two attached hydrogens (primary N) is 1. The Kier molecular flexibility index (Phi) is 10.0. The van der Waals surface area contributed by atoms with Crippen LogP contribution in [0.15, 0.2) is 110 Å². The Morgan fingerprint density at radius 1 is 1.15 bits per heavy atom. The van der Waals surface area contributed by atoms with Crippen molar-refractivity contribution < 1.29 is 30.6 Å². The zero-order chi connectivity index (χ0) is 33.6.